The van der Waals surface area contributed by atoms with Crippen LogP contribution in [-0.4, -0.2) is 58.3 Å². The molecule has 4 atom stereocenters. The lowest BCUT2D eigenvalue weighted by molar-refractivity contribution is -0.239. The fourth-order valence-corrected chi connectivity index (χ4v) is 4.94. The van der Waals surface area contributed by atoms with E-state index in [1.807, 2.05) is 0 Å². The molecule has 1 heterocycles. The maximum absolute atomic E-state index is 12.5. The summed E-state index contributed by atoms with van der Waals surface area (Å²) in [6.07, 6.45) is -6.88. The third kappa shape index (κ3) is 5.06. The van der Waals surface area contributed by atoms with Gasteiger partial charge in [-0.1, -0.05) is 35.4 Å². The zero-order valence-corrected chi connectivity index (χ0v) is 17.8. The van der Waals surface area contributed by atoms with Crippen LogP contribution >= 0.6 is 0 Å². The smallest absolute Gasteiger partial charge is 0.297 e. The SMILES string of the molecule is Cc1ccc(S(=O)(=O)O[C@@H]2[C@H](O)[C@@H](OS(=O)(=O)c3ccc(C)cc3)CO[C@H]2O)cc1. The van der Waals surface area contributed by atoms with Crippen LogP contribution in [0.4, 0.5) is 0 Å². The summed E-state index contributed by atoms with van der Waals surface area (Å²) in [6.45, 7) is 3.07. The van der Waals surface area contributed by atoms with Crippen LogP contribution in [0.1, 0.15) is 11.1 Å². The van der Waals surface area contributed by atoms with Crippen molar-refractivity contribution in [2.45, 2.75) is 48.2 Å². The van der Waals surface area contributed by atoms with E-state index in [0.717, 1.165) is 11.1 Å². The van der Waals surface area contributed by atoms with Gasteiger partial charge in [-0.05, 0) is 38.1 Å². The lowest BCUT2D eigenvalue weighted by Crippen LogP contribution is -2.55. The van der Waals surface area contributed by atoms with Crippen molar-refractivity contribution >= 4 is 20.2 Å². The van der Waals surface area contributed by atoms with Gasteiger partial charge in [0.2, 0.25) is 0 Å². The van der Waals surface area contributed by atoms with Crippen molar-refractivity contribution in [3.05, 3.63) is 59.7 Å². The largest absolute Gasteiger partial charge is 0.387 e. The van der Waals surface area contributed by atoms with Gasteiger partial charge in [-0.3, -0.25) is 8.37 Å². The Hall–Kier alpha value is -1.86. The molecule has 9 nitrogen and oxygen atoms in total. The number of aliphatic hydroxyl groups is 2. The normalized spacial score (nSPS) is 25.2. The Bertz CT molecular complexity index is 1080. The Morgan fingerprint density at radius 1 is 0.800 bits per heavy atom. The first-order valence-electron chi connectivity index (χ1n) is 8.97. The molecule has 11 heteroatoms. The maximum Gasteiger partial charge on any atom is 0.297 e. The van der Waals surface area contributed by atoms with Crippen molar-refractivity contribution in [2.24, 2.45) is 0 Å². The second kappa shape index (κ2) is 8.71. The van der Waals surface area contributed by atoms with Crippen LogP contribution in [0.5, 0.6) is 0 Å². The highest BCUT2D eigenvalue weighted by atomic mass is 32.2. The minimum atomic E-state index is -4.37. The van der Waals surface area contributed by atoms with E-state index in [2.05, 4.69) is 0 Å². The molecular formula is C19H22O9S2. The first kappa shape index (κ1) is 22.8. The molecule has 0 spiro atoms. The molecule has 2 aromatic carbocycles. The van der Waals surface area contributed by atoms with E-state index >= 15 is 0 Å². The molecule has 1 saturated heterocycles. The summed E-state index contributed by atoms with van der Waals surface area (Å²) in [4.78, 5) is -0.334. The summed E-state index contributed by atoms with van der Waals surface area (Å²) in [5.74, 6) is 0. The summed E-state index contributed by atoms with van der Waals surface area (Å²) < 4.78 is 64.9. The van der Waals surface area contributed by atoms with Gasteiger partial charge in [0.1, 0.15) is 12.2 Å². The average molecular weight is 459 g/mol. The highest BCUT2D eigenvalue weighted by Gasteiger charge is 2.45. The second-order valence-corrected chi connectivity index (χ2v) is 10.1. The summed E-state index contributed by atoms with van der Waals surface area (Å²) in [5, 5.41) is 20.5. The Kier molecular flexibility index (Phi) is 6.63. The summed E-state index contributed by atoms with van der Waals surface area (Å²) in [7, 11) is -8.65. The molecule has 0 unspecified atom stereocenters. The van der Waals surface area contributed by atoms with Crippen LogP contribution < -0.4 is 0 Å². The van der Waals surface area contributed by atoms with E-state index < -0.39 is 51.4 Å². The fourth-order valence-electron chi connectivity index (χ4n) is 2.79. The number of ether oxygens (including phenoxy) is 1. The summed E-state index contributed by atoms with van der Waals surface area (Å²) >= 11 is 0. The van der Waals surface area contributed by atoms with Crippen molar-refractivity contribution in [3.63, 3.8) is 0 Å². The lowest BCUT2D eigenvalue weighted by atomic mass is 10.1. The van der Waals surface area contributed by atoms with E-state index in [9.17, 15) is 27.0 Å². The second-order valence-electron chi connectivity index (χ2n) is 6.94. The minimum Gasteiger partial charge on any atom is -0.387 e. The Morgan fingerprint density at radius 3 is 1.70 bits per heavy atom. The number of hydrogen-bond acceptors (Lipinski definition) is 9. The van der Waals surface area contributed by atoms with Gasteiger partial charge in [0.15, 0.2) is 12.4 Å². The predicted octanol–water partition coefficient (Wildman–Crippen LogP) is 0.861. The summed E-state index contributed by atoms with van der Waals surface area (Å²) in [6, 6.07) is 11.6. The quantitative estimate of drug-likeness (QED) is 0.604. The monoisotopic (exact) mass is 458 g/mol. The van der Waals surface area contributed by atoms with Crippen LogP contribution in [0, 0.1) is 13.8 Å². The van der Waals surface area contributed by atoms with Crippen molar-refractivity contribution in [2.75, 3.05) is 6.61 Å². The standard InChI is InChI=1S/C19H22O9S2/c1-12-3-7-14(8-4-12)29(22,23)27-16-11-26-19(21)18(17(16)20)28-30(24,25)15-9-5-13(2)6-10-15/h3-10,16-21H,11H2,1-2H3/t16-,17+,18+,19+/m0/s1. The molecule has 0 amide bonds. The maximum atomic E-state index is 12.5. The summed E-state index contributed by atoms with van der Waals surface area (Å²) in [5.41, 5.74) is 1.66. The van der Waals surface area contributed by atoms with Crippen molar-refractivity contribution in [1.82, 2.24) is 0 Å². The third-order valence-electron chi connectivity index (χ3n) is 4.54. The predicted molar refractivity (Wildman–Crippen MR) is 104 cm³/mol. The van der Waals surface area contributed by atoms with E-state index in [1.54, 1.807) is 38.1 Å². The van der Waals surface area contributed by atoms with Crippen molar-refractivity contribution in [3.8, 4) is 0 Å². The molecule has 30 heavy (non-hydrogen) atoms. The Labute approximate surface area is 175 Å². The van der Waals surface area contributed by atoms with E-state index in [4.69, 9.17) is 13.1 Å². The lowest BCUT2D eigenvalue weighted by Gasteiger charge is -2.36. The molecule has 0 aromatic heterocycles. The number of aliphatic hydroxyl groups excluding tert-OH is 2. The van der Waals surface area contributed by atoms with E-state index in [1.165, 1.54) is 24.3 Å². The molecule has 0 aliphatic carbocycles. The third-order valence-corrected chi connectivity index (χ3v) is 7.21. The molecule has 3 rings (SSSR count). The molecular weight excluding hydrogens is 436 g/mol. The van der Waals surface area contributed by atoms with Crippen LogP contribution in [0.2, 0.25) is 0 Å². The van der Waals surface area contributed by atoms with Gasteiger partial charge in [-0.25, -0.2) is 0 Å². The van der Waals surface area contributed by atoms with Crippen LogP contribution in [0.15, 0.2) is 58.3 Å². The highest BCUT2D eigenvalue weighted by molar-refractivity contribution is 7.87. The Morgan fingerprint density at radius 2 is 1.23 bits per heavy atom. The van der Waals surface area contributed by atoms with Crippen molar-refractivity contribution in [1.29, 1.82) is 0 Å². The van der Waals surface area contributed by atoms with Crippen molar-refractivity contribution < 1.29 is 40.2 Å². The van der Waals surface area contributed by atoms with Gasteiger partial charge < -0.3 is 14.9 Å². The zero-order valence-electron chi connectivity index (χ0n) is 16.2. The van der Waals surface area contributed by atoms with E-state index in [-0.39, 0.29) is 9.79 Å². The zero-order chi connectivity index (χ0) is 22.1. The topological polar surface area (TPSA) is 136 Å². The molecule has 0 saturated carbocycles. The van der Waals surface area contributed by atoms with Crippen LogP contribution in [0.25, 0.3) is 0 Å². The first-order valence-corrected chi connectivity index (χ1v) is 11.8. The Balaban J connectivity index is 1.78. The highest BCUT2D eigenvalue weighted by Crippen LogP contribution is 2.26. The van der Waals surface area contributed by atoms with Gasteiger partial charge in [0.25, 0.3) is 20.2 Å². The number of aryl methyl sites for hydroxylation is 2. The first-order chi connectivity index (χ1) is 14.0. The van der Waals surface area contributed by atoms with Gasteiger partial charge in [0.05, 0.1) is 16.4 Å². The minimum absolute atomic E-state index is 0.142. The average Bonchev–Trinajstić information content (AvgIpc) is 2.68. The number of hydrogen-bond donors (Lipinski definition) is 2. The molecule has 0 bridgehead atoms. The van der Waals surface area contributed by atoms with Crippen LogP contribution in [0.3, 0.4) is 0 Å². The molecule has 164 valence electrons. The molecule has 2 aromatic rings. The van der Waals surface area contributed by atoms with Crippen LogP contribution in [-0.2, 0) is 33.3 Å². The molecule has 1 aliphatic heterocycles. The van der Waals surface area contributed by atoms with E-state index in [0.29, 0.717) is 0 Å². The molecule has 0 radical (unpaired) electrons. The van der Waals surface area contributed by atoms with Gasteiger partial charge in [-0.2, -0.15) is 16.8 Å². The fraction of sp³-hybridized carbons (Fsp3) is 0.368. The molecule has 1 fully saturated rings. The van der Waals surface area contributed by atoms with Gasteiger partial charge >= 0.3 is 0 Å². The number of benzene rings is 2. The molecule has 2 N–H and O–H groups in total. The molecule has 1 aliphatic rings. The number of rotatable bonds is 6. The van der Waals surface area contributed by atoms with Gasteiger partial charge in [-0.15, -0.1) is 0 Å². The van der Waals surface area contributed by atoms with Gasteiger partial charge in [0, 0.05) is 0 Å².